The molecule has 0 unspecified atom stereocenters. The molecule has 0 radical (unpaired) electrons. The fourth-order valence-corrected chi connectivity index (χ4v) is 1.95. The Morgan fingerprint density at radius 3 is 2.31 bits per heavy atom. The van der Waals surface area contributed by atoms with E-state index in [0.29, 0.717) is 12.0 Å². The summed E-state index contributed by atoms with van der Waals surface area (Å²) in [6.45, 7) is 14.8. The molecule has 0 aromatic rings. The van der Waals surface area contributed by atoms with Crippen LogP contribution in [0.15, 0.2) is 24.8 Å². The van der Waals surface area contributed by atoms with Crippen molar-refractivity contribution in [3.63, 3.8) is 0 Å². The standard InChI is InChI=1S/C12H21N/c1-5-11(4)12-6-8-13(9-7-12)10(2)3/h5,10,12H,1,4,6-9H2,2-3H3. The van der Waals surface area contributed by atoms with E-state index in [1.807, 2.05) is 6.08 Å². The minimum absolute atomic E-state index is 0.688. The highest BCUT2D eigenvalue weighted by molar-refractivity contribution is 5.15. The van der Waals surface area contributed by atoms with Crippen LogP contribution in [0.2, 0.25) is 0 Å². The van der Waals surface area contributed by atoms with Crippen LogP contribution in [0, 0.1) is 5.92 Å². The Kier molecular flexibility index (Phi) is 3.73. The molecule has 13 heavy (non-hydrogen) atoms. The summed E-state index contributed by atoms with van der Waals surface area (Å²) in [5.41, 5.74) is 1.23. The van der Waals surface area contributed by atoms with Crippen LogP contribution in [0.4, 0.5) is 0 Å². The minimum Gasteiger partial charge on any atom is -0.301 e. The Morgan fingerprint density at radius 1 is 1.38 bits per heavy atom. The SMILES string of the molecule is C=CC(=C)C1CCN(C(C)C)CC1. The molecule has 1 nitrogen and oxygen atoms in total. The maximum absolute atomic E-state index is 4.03. The Hall–Kier alpha value is -0.560. The first-order valence-corrected chi connectivity index (χ1v) is 5.20. The summed E-state index contributed by atoms with van der Waals surface area (Å²) >= 11 is 0. The third kappa shape index (κ3) is 2.70. The molecular weight excluding hydrogens is 158 g/mol. The summed E-state index contributed by atoms with van der Waals surface area (Å²) in [6.07, 6.45) is 4.42. The maximum atomic E-state index is 4.03. The summed E-state index contributed by atoms with van der Waals surface area (Å²) in [6, 6.07) is 0.693. The second kappa shape index (κ2) is 4.61. The third-order valence-electron chi connectivity index (χ3n) is 3.05. The molecule has 1 heterocycles. The van der Waals surface area contributed by atoms with Crippen LogP contribution in [0.1, 0.15) is 26.7 Å². The number of rotatable bonds is 3. The fraction of sp³-hybridized carbons (Fsp3) is 0.667. The van der Waals surface area contributed by atoms with Crippen LogP contribution in [-0.4, -0.2) is 24.0 Å². The van der Waals surface area contributed by atoms with E-state index in [0.717, 1.165) is 0 Å². The van der Waals surface area contributed by atoms with Crippen molar-refractivity contribution in [3.05, 3.63) is 24.8 Å². The number of piperidine rings is 1. The van der Waals surface area contributed by atoms with Crippen molar-refractivity contribution < 1.29 is 0 Å². The van der Waals surface area contributed by atoms with Crippen molar-refractivity contribution >= 4 is 0 Å². The first-order chi connectivity index (χ1) is 6.15. The average Bonchev–Trinajstić information content (AvgIpc) is 2.17. The summed E-state index contributed by atoms with van der Waals surface area (Å²) in [7, 11) is 0. The van der Waals surface area contributed by atoms with Gasteiger partial charge in [-0.2, -0.15) is 0 Å². The molecular formula is C12H21N. The minimum atomic E-state index is 0.688. The molecule has 0 aliphatic carbocycles. The lowest BCUT2D eigenvalue weighted by Gasteiger charge is -2.34. The van der Waals surface area contributed by atoms with Crippen LogP contribution in [0.25, 0.3) is 0 Å². The molecule has 74 valence electrons. The Labute approximate surface area is 82.1 Å². The lowest BCUT2D eigenvalue weighted by molar-refractivity contribution is 0.162. The molecule has 0 aromatic carbocycles. The van der Waals surface area contributed by atoms with Gasteiger partial charge in [-0.1, -0.05) is 24.8 Å². The van der Waals surface area contributed by atoms with Crippen LogP contribution in [-0.2, 0) is 0 Å². The Morgan fingerprint density at radius 2 is 1.92 bits per heavy atom. The fourth-order valence-electron chi connectivity index (χ4n) is 1.95. The number of allylic oxidation sites excluding steroid dienone is 2. The van der Waals surface area contributed by atoms with Gasteiger partial charge in [0.15, 0.2) is 0 Å². The van der Waals surface area contributed by atoms with Gasteiger partial charge in [-0.25, -0.2) is 0 Å². The predicted octanol–water partition coefficient (Wildman–Crippen LogP) is 2.85. The highest BCUT2D eigenvalue weighted by Gasteiger charge is 2.21. The Balaban J connectivity index is 2.38. The number of hydrogen-bond acceptors (Lipinski definition) is 1. The largest absolute Gasteiger partial charge is 0.301 e. The number of hydrogen-bond donors (Lipinski definition) is 0. The molecule has 0 aromatic heterocycles. The quantitative estimate of drug-likeness (QED) is 0.602. The molecule has 1 rings (SSSR count). The van der Waals surface area contributed by atoms with Crippen LogP contribution < -0.4 is 0 Å². The molecule has 1 aliphatic rings. The van der Waals surface area contributed by atoms with Gasteiger partial charge in [0.2, 0.25) is 0 Å². The van der Waals surface area contributed by atoms with E-state index < -0.39 is 0 Å². The summed E-state index contributed by atoms with van der Waals surface area (Å²) in [5, 5.41) is 0. The number of nitrogens with zero attached hydrogens (tertiary/aromatic N) is 1. The summed E-state index contributed by atoms with van der Waals surface area (Å²) in [5.74, 6) is 0.688. The van der Waals surface area contributed by atoms with E-state index in [2.05, 4.69) is 31.9 Å². The van der Waals surface area contributed by atoms with Crippen LogP contribution in [0.5, 0.6) is 0 Å². The maximum Gasteiger partial charge on any atom is 0.00385 e. The molecule has 0 spiro atoms. The van der Waals surface area contributed by atoms with Crippen molar-refractivity contribution in [3.8, 4) is 0 Å². The molecule has 1 heteroatoms. The van der Waals surface area contributed by atoms with E-state index in [1.165, 1.54) is 31.5 Å². The van der Waals surface area contributed by atoms with Gasteiger partial charge < -0.3 is 4.90 Å². The molecule has 1 saturated heterocycles. The lowest BCUT2D eigenvalue weighted by atomic mass is 9.89. The van der Waals surface area contributed by atoms with E-state index in [4.69, 9.17) is 0 Å². The second-order valence-electron chi connectivity index (χ2n) is 4.18. The summed E-state index contributed by atoms with van der Waals surface area (Å²) in [4.78, 5) is 2.53. The van der Waals surface area contributed by atoms with Gasteiger partial charge in [0, 0.05) is 6.04 Å². The van der Waals surface area contributed by atoms with Crippen LogP contribution >= 0.6 is 0 Å². The van der Waals surface area contributed by atoms with Crippen molar-refractivity contribution in [2.75, 3.05) is 13.1 Å². The topological polar surface area (TPSA) is 3.24 Å². The first kappa shape index (κ1) is 10.5. The van der Waals surface area contributed by atoms with Gasteiger partial charge in [0.25, 0.3) is 0 Å². The van der Waals surface area contributed by atoms with E-state index in [9.17, 15) is 0 Å². The van der Waals surface area contributed by atoms with E-state index in [-0.39, 0.29) is 0 Å². The molecule has 0 bridgehead atoms. The summed E-state index contributed by atoms with van der Waals surface area (Å²) < 4.78 is 0. The zero-order valence-corrected chi connectivity index (χ0v) is 8.92. The monoisotopic (exact) mass is 179 g/mol. The zero-order valence-electron chi connectivity index (χ0n) is 8.92. The smallest absolute Gasteiger partial charge is 0.00385 e. The molecule has 0 amide bonds. The highest BCUT2D eigenvalue weighted by atomic mass is 15.1. The van der Waals surface area contributed by atoms with Gasteiger partial charge in [0.1, 0.15) is 0 Å². The lowest BCUT2D eigenvalue weighted by Crippen LogP contribution is -2.38. The van der Waals surface area contributed by atoms with Crippen LogP contribution in [0.3, 0.4) is 0 Å². The molecule has 1 aliphatic heterocycles. The third-order valence-corrected chi connectivity index (χ3v) is 3.05. The molecule has 0 atom stereocenters. The normalized spacial score (nSPS) is 20.5. The van der Waals surface area contributed by atoms with Gasteiger partial charge >= 0.3 is 0 Å². The molecule has 0 N–H and O–H groups in total. The van der Waals surface area contributed by atoms with Crippen molar-refractivity contribution in [1.82, 2.24) is 4.90 Å². The van der Waals surface area contributed by atoms with Crippen molar-refractivity contribution in [1.29, 1.82) is 0 Å². The Bertz CT molecular complexity index is 185. The van der Waals surface area contributed by atoms with E-state index >= 15 is 0 Å². The highest BCUT2D eigenvalue weighted by Crippen LogP contribution is 2.24. The van der Waals surface area contributed by atoms with Gasteiger partial charge in [-0.05, 0) is 45.7 Å². The van der Waals surface area contributed by atoms with Crippen molar-refractivity contribution in [2.24, 2.45) is 5.92 Å². The van der Waals surface area contributed by atoms with Gasteiger partial charge in [-0.3, -0.25) is 0 Å². The van der Waals surface area contributed by atoms with Gasteiger partial charge in [-0.15, -0.1) is 0 Å². The number of likely N-dealkylation sites (tertiary alicyclic amines) is 1. The molecule has 0 saturated carbocycles. The predicted molar refractivity (Wildman–Crippen MR) is 58.8 cm³/mol. The van der Waals surface area contributed by atoms with E-state index in [1.54, 1.807) is 0 Å². The molecule has 1 fully saturated rings. The zero-order chi connectivity index (χ0) is 9.84. The van der Waals surface area contributed by atoms with Gasteiger partial charge in [0.05, 0.1) is 0 Å². The second-order valence-corrected chi connectivity index (χ2v) is 4.18. The average molecular weight is 179 g/mol. The van der Waals surface area contributed by atoms with Crippen molar-refractivity contribution in [2.45, 2.75) is 32.7 Å². The first-order valence-electron chi connectivity index (χ1n) is 5.20.